The smallest absolute Gasteiger partial charge is 0.338 e. The molecular formula is C26H24O4. The van der Waals surface area contributed by atoms with Gasteiger partial charge < -0.3 is 4.74 Å². The van der Waals surface area contributed by atoms with E-state index in [-0.39, 0.29) is 47.4 Å². The number of benzene rings is 2. The van der Waals surface area contributed by atoms with Crippen LogP contribution in [0.4, 0.5) is 0 Å². The van der Waals surface area contributed by atoms with Crippen molar-refractivity contribution in [2.24, 2.45) is 35.5 Å². The summed E-state index contributed by atoms with van der Waals surface area (Å²) in [5.74, 6) is 0.117. The third-order valence-electron chi connectivity index (χ3n) is 7.97. The number of carbonyl (C=O) groups excluding carboxylic acids is 3. The van der Waals surface area contributed by atoms with Gasteiger partial charge in [-0.2, -0.15) is 0 Å². The summed E-state index contributed by atoms with van der Waals surface area (Å²) >= 11 is 0. The van der Waals surface area contributed by atoms with Gasteiger partial charge in [-0.3, -0.25) is 9.59 Å². The molecule has 3 fully saturated rings. The van der Waals surface area contributed by atoms with Gasteiger partial charge in [0.1, 0.15) is 11.6 Å². The van der Waals surface area contributed by atoms with E-state index in [4.69, 9.17) is 4.74 Å². The van der Waals surface area contributed by atoms with Crippen molar-refractivity contribution in [1.82, 2.24) is 0 Å². The van der Waals surface area contributed by atoms with Gasteiger partial charge in [-0.25, -0.2) is 4.79 Å². The van der Waals surface area contributed by atoms with Crippen LogP contribution >= 0.6 is 0 Å². The molecular weight excluding hydrogens is 376 g/mol. The molecule has 30 heavy (non-hydrogen) atoms. The molecule has 2 aromatic carbocycles. The van der Waals surface area contributed by atoms with Crippen LogP contribution in [0.25, 0.3) is 10.8 Å². The highest BCUT2D eigenvalue weighted by molar-refractivity contribution is 6.03. The van der Waals surface area contributed by atoms with E-state index < -0.39 is 0 Å². The van der Waals surface area contributed by atoms with Crippen LogP contribution in [0.1, 0.15) is 41.6 Å². The van der Waals surface area contributed by atoms with Crippen molar-refractivity contribution in [3.8, 4) is 0 Å². The third kappa shape index (κ3) is 2.19. The summed E-state index contributed by atoms with van der Waals surface area (Å²) < 4.78 is 5.50. The lowest BCUT2D eigenvalue weighted by Crippen LogP contribution is -2.31. The second-order valence-electron chi connectivity index (χ2n) is 9.25. The summed E-state index contributed by atoms with van der Waals surface area (Å²) in [4.78, 5) is 39.0. The Balaban J connectivity index is 1.49. The molecule has 0 spiro atoms. The van der Waals surface area contributed by atoms with Gasteiger partial charge in [0.15, 0.2) is 0 Å². The molecule has 0 aliphatic heterocycles. The second kappa shape index (κ2) is 6.37. The number of ether oxygens (including phenoxy) is 1. The summed E-state index contributed by atoms with van der Waals surface area (Å²) in [6.07, 6.45) is 5.56. The van der Waals surface area contributed by atoms with Crippen LogP contribution in [0.3, 0.4) is 0 Å². The molecule has 4 heteroatoms. The molecule has 7 atom stereocenters. The molecule has 4 aliphatic carbocycles. The topological polar surface area (TPSA) is 60.4 Å². The first-order chi connectivity index (χ1) is 14.6. The lowest BCUT2D eigenvalue weighted by atomic mass is 9.67. The van der Waals surface area contributed by atoms with Gasteiger partial charge in [-0.05, 0) is 53.0 Å². The first kappa shape index (κ1) is 18.1. The quantitative estimate of drug-likeness (QED) is 0.436. The number of hydrogen-bond acceptors (Lipinski definition) is 4. The predicted octanol–water partition coefficient (Wildman–Crippen LogP) is 4.33. The highest BCUT2D eigenvalue weighted by Gasteiger charge is 2.68. The standard InChI is InChI=1S/C26H24O4/c1-2-11-30-26(29)17-8-7-13-5-3-4-6-14(13)20(17)18-12-19-21-15-9-10-16(24(15)27)22(21)23(18)25(19)28/h3-10,15-16,18-19,21-23H,2,11-12H2,1H3. The van der Waals surface area contributed by atoms with Gasteiger partial charge in [-0.15, -0.1) is 0 Å². The summed E-state index contributed by atoms with van der Waals surface area (Å²) in [5.41, 5.74) is 1.53. The van der Waals surface area contributed by atoms with Crippen molar-refractivity contribution in [2.75, 3.05) is 6.61 Å². The molecule has 3 saturated carbocycles. The zero-order chi connectivity index (χ0) is 20.6. The first-order valence-corrected chi connectivity index (χ1v) is 11.1. The SMILES string of the molecule is CCCOC(=O)c1ccc2ccccc2c1C1CC2C(=O)C1C1C3C=CC(C3=O)C21. The van der Waals surface area contributed by atoms with Crippen LogP contribution in [0, 0.1) is 35.5 Å². The van der Waals surface area contributed by atoms with Crippen LogP contribution in [0.2, 0.25) is 0 Å². The van der Waals surface area contributed by atoms with E-state index in [9.17, 15) is 14.4 Å². The maximum Gasteiger partial charge on any atom is 0.338 e. The normalized spacial score (nSPS) is 35.4. The highest BCUT2D eigenvalue weighted by Crippen LogP contribution is 2.66. The van der Waals surface area contributed by atoms with Gasteiger partial charge in [0, 0.05) is 23.7 Å². The monoisotopic (exact) mass is 400 g/mol. The molecule has 7 unspecified atom stereocenters. The Kier molecular flexibility index (Phi) is 3.83. The Hall–Kier alpha value is -2.75. The number of ketones is 2. The molecule has 0 radical (unpaired) electrons. The van der Waals surface area contributed by atoms with Crippen molar-refractivity contribution in [2.45, 2.75) is 25.7 Å². The Bertz CT molecular complexity index is 1130. The van der Waals surface area contributed by atoms with Gasteiger partial charge in [-0.1, -0.05) is 49.4 Å². The molecule has 0 aromatic heterocycles. The first-order valence-electron chi connectivity index (χ1n) is 11.1. The van der Waals surface area contributed by atoms with Crippen LogP contribution in [-0.2, 0) is 14.3 Å². The minimum Gasteiger partial charge on any atom is -0.462 e. The lowest BCUT2D eigenvalue weighted by Gasteiger charge is -2.35. The second-order valence-corrected chi connectivity index (χ2v) is 9.25. The van der Waals surface area contributed by atoms with Gasteiger partial charge in [0.05, 0.1) is 12.2 Å². The lowest BCUT2D eigenvalue weighted by molar-refractivity contribution is -0.125. The molecule has 0 N–H and O–H groups in total. The molecule has 0 saturated heterocycles. The van der Waals surface area contributed by atoms with E-state index >= 15 is 0 Å². The largest absolute Gasteiger partial charge is 0.462 e. The van der Waals surface area contributed by atoms with E-state index in [1.54, 1.807) is 0 Å². The number of Topliss-reactive ketones (excluding diaryl/α,β-unsaturated/α-hetero) is 2. The molecule has 0 amide bonds. The van der Waals surface area contributed by atoms with Crippen molar-refractivity contribution in [3.05, 3.63) is 59.7 Å². The van der Waals surface area contributed by atoms with E-state index in [0.717, 1.165) is 29.2 Å². The number of carbonyl (C=O) groups is 3. The van der Waals surface area contributed by atoms with Crippen molar-refractivity contribution in [3.63, 3.8) is 0 Å². The number of allylic oxidation sites excluding steroid dienone is 2. The Labute approximate surface area is 175 Å². The van der Waals surface area contributed by atoms with E-state index in [1.165, 1.54) is 0 Å². The molecule has 4 nitrogen and oxygen atoms in total. The number of hydrogen-bond donors (Lipinski definition) is 0. The number of esters is 1. The van der Waals surface area contributed by atoms with Crippen molar-refractivity contribution in [1.29, 1.82) is 0 Å². The van der Waals surface area contributed by atoms with Crippen molar-refractivity contribution < 1.29 is 19.1 Å². The van der Waals surface area contributed by atoms with E-state index in [1.807, 2.05) is 55.5 Å². The highest BCUT2D eigenvalue weighted by atomic mass is 16.5. The Morgan fingerprint density at radius 3 is 2.53 bits per heavy atom. The fourth-order valence-corrected chi connectivity index (χ4v) is 6.98. The predicted molar refractivity (Wildman–Crippen MR) is 112 cm³/mol. The minimum absolute atomic E-state index is 0.0282. The summed E-state index contributed by atoms with van der Waals surface area (Å²) in [7, 11) is 0. The third-order valence-corrected chi connectivity index (χ3v) is 7.97. The molecule has 152 valence electrons. The van der Waals surface area contributed by atoms with Crippen LogP contribution < -0.4 is 0 Å². The molecule has 4 aliphatic rings. The van der Waals surface area contributed by atoms with E-state index in [0.29, 0.717) is 23.7 Å². The molecule has 0 heterocycles. The van der Waals surface area contributed by atoms with Crippen LogP contribution in [0.5, 0.6) is 0 Å². The van der Waals surface area contributed by atoms with Crippen molar-refractivity contribution >= 4 is 28.3 Å². The molecule has 2 aromatic rings. The average Bonchev–Trinajstić information content (AvgIpc) is 3.47. The minimum atomic E-state index is -0.312. The zero-order valence-electron chi connectivity index (χ0n) is 16.9. The average molecular weight is 400 g/mol. The van der Waals surface area contributed by atoms with E-state index in [2.05, 4.69) is 0 Å². The van der Waals surface area contributed by atoms with Crippen LogP contribution in [0.15, 0.2) is 48.6 Å². The maximum absolute atomic E-state index is 13.3. The summed E-state index contributed by atoms with van der Waals surface area (Å²) in [6.45, 7) is 2.36. The Morgan fingerprint density at radius 2 is 1.73 bits per heavy atom. The van der Waals surface area contributed by atoms with Crippen LogP contribution in [-0.4, -0.2) is 24.1 Å². The van der Waals surface area contributed by atoms with Gasteiger partial charge >= 0.3 is 5.97 Å². The Morgan fingerprint density at radius 1 is 0.967 bits per heavy atom. The number of rotatable bonds is 4. The fraction of sp³-hybridized carbons (Fsp3) is 0.423. The molecule has 6 rings (SSSR count). The number of fused-ring (bicyclic) bond motifs is 10. The molecule has 4 bridgehead atoms. The zero-order valence-corrected chi connectivity index (χ0v) is 16.9. The fourth-order valence-electron chi connectivity index (χ4n) is 6.98. The summed E-state index contributed by atoms with van der Waals surface area (Å²) in [6, 6.07) is 11.9. The van der Waals surface area contributed by atoms with Gasteiger partial charge in [0.25, 0.3) is 0 Å². The van der Waals surface area contributed by atoms with Gasteiger partial charge in [0.2, 0.25) is 0 Å². The summed E-state index contributed by atoms with van der Waals surface area (Å²) in [5, 5.41) is 2.09. The maximum atomic E-state index is 13.3.